The third-order valence-electron chi connectivity index (χ3n) is 2.89. The number of nitrogens with zero attached hydrogens (tertiary/aromatic N) is 1. The Morgan fingerprint density at radius 1 is 1.10 bits per heavy atom. The largest absolute Gasteiger partial charge is 0.469 e. The molecule has 114 valence electrons. The minimum absolute atomic E-state index is 0.529. The molecule has 0 amide bonds. The zero-order chi connectivity index (χ0) is 14.9. The van der Waals surface area contributed by atoms with Gasteiger partial charge in [0.1, 0.15) is 18.1 Å². The van der Waals surface area contributed by atoms with E-state index >= 15 is 0 Å². The number of aliphatic imine (C=N–C) groups is 1. The van der Waals surface area contributed by atoms with Crippen LogP contribution >= 0.6 is 0 Å². The van der Waals surface area contributed by atoms with Crippen molar-refractivity contribution in [2.45, 2.75) is 26.8 Å². The molecule has 0 bridgehead atoms. The smallest absolute Gasteiger partial charge is 0.191 e. The summed E-state index contributed by atoms with van der Waals surface area (Å²) < 4.78 is 10.6. The number of hydrogen-bond acceptors (Lipinski definition) is 3. The van der Waals surface area contributed by atoms with Gasteiger partial charge < -0.3 is 19.5 Å². The summed E-state index contributed by atoms with van der Waals surface area (Å²) in [5.74, 6) is 3.18. The molecule has 0 aliphatic heterocycles. The summed E-state index contributed by atoms with van der Waals surface area (Å²) >= 11 is 0. The van der Waals surface area contributed by atoms with Crippen molar-refractivity contribution in [3.05, 3.63) is 48.3 Å². The maximum atomic E-state index is 5.32. The van der Waals surface area contributed by atoms with Crippen molar-refractivity contribution in [2.75, 3.05) is 13.1 Å². The van der Waals surface area contributed by atoms with Crippen molar-refractivity contribution < 1.29 is 8.83 Å². The van der Waals surface area contributed by atoms with Gasteiger partial charge in [0.15, 0.2) is 5.96 Å². The maximum absolute atomic E-state index is 5.32. The molecule has 0 aliphatic rings. The lowest BCUT2D eigenvalue weighted by atomic mass is 10.2. The zero-order valence-corrected chi connectivity index (χ0v) is 12.6. The third-order valence-corrected chi connectivity index (χ3v) is 2.89. The number of nitrogens with one attached hydrogen (secondary N) is 2. The lowest BCUT2D eigenvalue weighted by Crippen LogP contribution is -2.40. The van der Waals surface area contributed by atoms with Gasteiger partial charge >= 0.3 is 0 Å². The summed E-state index contributed by atoms with van der Waals surface area (Å²) in [6, 6.07) is 7.67. The number of guanidine groups is 1. The highest BCUT2D eigenvalue weighted by molar-refractivity contribution is 5.79. The van der Waals surface area contributed by atoms with Crippen LogP contribution < -0.4 is 10.6 Å². The van der Waals surface area contributed by atoms with Crippen LogP contribution in [0.5, 0.6) is 0 Å². The molecule has 5 heteroatoms. The van der Waals surface area contributed by atoms with E-state index in [1.807, 2.05) is 24.3 Å². The van der Waals surface area contributed by atoms with E-state index in [-0.39, 0.29) is 0 Å². The molecule has 0 aromatic carbocycles. The van der Waals surface area contributed by atoms with E-state index in [0.717, 1.165) is 37.0 Å². The zero-order valence-electron chi connectivity index (χ0n) is 12.6. The molecule has 0 fully saturated rings. The average molecular weight is 289 g/mol. The van der Waals surface area contributed by atoms with E-state index in [1.54, 1.807) is 12.5 Å². The molecule has 0 radical (unpaired) electrons. The van der Waals surface area contributed by atoms with E-state index in [2.05, 4.69) is 29.5 Å². The molecule has 5 nitrogen and oxygen atoms in total. The molecule has 0 atom stereocenters. The van der Waals surface area contributed by atoms with Gasteiger partial charge in [-0.05, 0) is 30.2 Å². The Morgan fingerprint density at radius 2 is 1.81 bits per heavy atom. The van der Waals surface area contributed by atoms with Gasteiger partial charge in [0, 0.05) is 19.5 Å². The van der Waals surface area contributed by atoms with Crippen molar-refractivity contribution in [3.63, 3.8) is 0 Å². The number of rotatable bonds is 7. The van der Waals surface area contributed by atoms with Gasteiger partial charge in [0.2, 0.25) is 0 Å². The first-order chi connectivity index (χ1) is 10.2. The Bertz CT molecular complexity index is 516. The van der Waals surface area contributed by atoms with Crippen LogP contribution in [0.4, 0.5) is 0 Å². The van der Waals surface area contributed by atoms with E-state index in [0.29, 0.717) is 12.5 Å². The molecule has 0 saturated heterocycles. The van der Waals surface area contributed by atoms with Crippen molar-refractivity contribution in [1.82, 2.24) is 10.6 Å². The minimum Gasteiger partial charge on any atom is -0.469 e. The molecule has 0 unspecified atom stereocenters. The fraction of sp³-hybridized carbons (Fsp3) is 0.438. The van der Waals surface area contributed by atoms with Crippen molar-refractivity contribution in [2.24, 2.45) is 10.9 Å². The van der Waals surface area contributed by atoms with Crippen LogP contribution in [0.25, 0.3) is 0 Å². The van der Waals surface area contributed by atoms with Crippen LogP contribution in [0.1, 0.15) is 25.4 Å². The second kappa shape index (κ2) is 8.19. The van der Waals surface area contributed by atoms with Gasteiger partial charge in [0.25, 0.3) is 0 Å². The molecule has 2 aromatic heterocycles. The fourth-order valence-corrected chi connectivity index (χ4v) is 1.79. The molecule has 2 heterocycles. The standard InChI is InChI=1S/C16H23N3O2/c1-13(2)11-18-16(19-12-15-6-4-10-21-15)17-8-7-14-5-3-9-20-14/h3-6,9-10,13H,7-8,11-12H2,1-2H3,(H2,17,18,19). The van der Waals surface area contributed by atoms with Crippen molar-refractivity contribution in [1.29, 1.82) is 0 Å². The van der Waals surface area contributed by atoms with E-state index in [1.165, 1.54) is 0 Å². The predicted octanol–water partition coefficient (Wildman–Crippen LogP) is 2.81. The summed E-state index contributed by atoms with van der Waals surface area (Å²) in [6.45, 7) is 6.52. The van der Waals surface area contributed by atoms with Crippen molar-refractivity contribution in [3.8, 4) is 0 Å². The Hall–Kier alpha value is -2.17. The molecular formula is C16H23N3O2. The fourth-order valence-electron chi connectivity index (χ4n) is 1.79. The predicted molar refractivity (Wildman–Crippen MR) is 83.1 cm³/mol. The Kier molecular flexibility index (Phi) is 5.94. The summed E-state index contributed by atoms with van der Waals surface area (Å²) in [5.41, 5.74) is 0. The Labute approximate surface area is 125 Å². The van der Waals surface area contributed by atoms with Crippen LogP contribution in [0.2, 0.25) is 0 Å². The SMILES string of the molecule is CC(C)CNC(=NCc1ccco1)NCCc1ccco1. The summed E-state index contributed by atoms with van der Waals surface area (Å²) in [5, 5.41) is 6.64. The molecule has 0 aliphatic carbocycles. The molecule has 2 N–H and O–H groups in total. The highest BCUT2D eigenvalue weighted by Crippen LogP contribution is 2.02. The monoisotopic (exact) mass is 289 g/mol. The van der Waals surface area contributed by atoms with Crippen LogP contribution in [-0.2, 0) is 13.0 Å². The second-order valence-electron chi connectivity index (χ2n) is 5.28. The van der Waals surface area contributed by atoms with Gasteiger partial charge in [-0.3, -0.25) is 0 Å². The first-order valence-corrected chi connectivity index (χ1v) is 7.31. The molecule has 21 heavy (non-hydrogen) atoms. The van der Waals surface area contributed by atoms with Crippen LogP contribution in [0.15, 0.2) is 50.6 Å². The van der Waals surface area contributed by atoms with Gasteiger partial charge in [-0.25, -0.2) is 4.99 Å². The first-order valence-electron chi connectivity index (χ1n) is 7.31. The number of furan rings is 2. The van der Waals surface area contributed by atoms with E-state index < -0.39 is 0 Å². The normalized spacial score (nSPS) is 11.9. The first kappa shape index (κ1) is 15.2. The molecule has 0 saturated carbocycles. The van der Waals surface area contributed by atoms with Gasteiger partial charge in [-0.15, -0.1) is 0 Å². The summed E-state index contributed by atoms with van der Waals surface area (Å²) in [4.78, 5) is 4.53. The molecule has 2 rings (SSSR count). The van der Waals surface area contributed by atoms with Crippen LogP contribution in [0.3, 0.4) is 0 Å². The second-order valence-corrected chi connectivity index (χ2v) is 5.28. The summed E-state index contributed by atoms with van der Waals surface area (Å²) in [7, 11) is 0. The van der Waals surface area contributed by atoms with E-state index in [4.69, 9.17) is 8.83 Å². The lowest BCUT2D eigenvalue weighted by Gasteiger charge is -2.13. The van der Waals surface area contributed by atoms with Gasteiger partial charge in [-0.2, -0.15) is 0 Å². The van der Waals surface area contributed by atoms with Crippen LogP contribution in [-0.4, -0.2) is 19.0 Å². The van der Waals surface area contributed by atoms with Gasteiger partial charge in [0.05, 0.1) is 12.5 Å². The Morgan fingerprint density at radius 3 is 2.43 bits per heavy atom. The van der Waals surface area contributed by atoms with Crippen molar-refractivity contribution >= 4 is 5.96 Å². The minimum atomic E-state index is 0.529. The number of hydrogen-bond donors (Lipinski definition) is 2. The molecule has 0 spiro atoms. The van der Waals surface area contributed by atoms with Gasteiger partial charge in [-0.1, -0.05) is 13.8 Å². The molecule has 2 aromatic rings. The summed E-state index contributed by atoms with van der Waals surface area (Å²) in [6.07, 6.45) is 4.19. The maximum Gasteiger partial charge on any atom is 0.191 e. The lowest BCUT2D eigenvalue weighted by molar-refractivity contribution is 0.504. The average Bonchev–Trinajstić information content (AvgIpc) is 3.14. The highest BCUT2D eigenvalue weighted by Gasteiger charge is 2.02. The third kappa shape index (κ3) is 5.77. The van der Waals surface area contributed by atoms with E-state index in [9.17, 15) is 0 Å². The highest BCUT2D eigenvalue weighted by atomic mass is 16.3. The van der Waals surface area contributed by atoms with Crippen LogP contribution in [0, 0.1) is 5.92 Å². The Balaban J connectivity index is 1.83. The molecular weight excluding hydrogens is 266 g/mol. The topological polar surface area (TPSA) is 62.7 Å². The quantitative estimate of drug-likeness (QED) is 0.608.